The van der Waals surface area contributed by atoms with E-state index in [0.29, 0.717) is 32.7 Å². The van der Waals surface area contributed by atoms with Gasteiger partial charge in [-0.25, -0.2) is 0 Å². The average Bonchev–Trinajstić information content (AvgIpc) is 2.38. The van der Waals surface area contributed by atoms with Gasteiger partial charge in [-0.1, -0.05) is 0 Å². The number of carbonyl (C=O) groups is 1. The number of ether oxygens (including phenoxy) is 3. The van der Waals surface area contributed by atoms with E-state index < -0.39 is 5.79 Å². The molecule has 0 fully saturated rings. The fourth-order valence-corrected chi connectivity index (χ4v) is 2.33. The lowest BCUT2D eigenvalue weighted by Crippen LogP contribution is -2.37. The molecule has 0 saturated heterocycles. The first-order chi connectivity index (χ1) is 9.14. The summed E-state index contributed by atoms with van der Waals surface area (Å²) in [4.78, 5) is 11.5. The van der Waals surface area contributed by atoms with Crippen molar-refractivity contribution in [3.63, 3.8) is 0 Å². The predicted octanol–water partition coefficient (Wildman–Crippen LogP) is 3.14. The summed E-state index contributed by atoms with van der Waals surface area (Å²) >= 11 is 0. The number of rotatable bonds is 12. The Morgan fingerprint density at radius 2 is 1.63 bits per heavy atom. The number of hydrogen-bond donors (Lipinski definition) is 0. The molecule has 0 aliphatic heterocycles. The largest absolute Gasteiger partial charge is 0.466 e. The number of esters is 1. The molecule has 0 aromatic rings. The van der Waals surface area contributed by atoms with Crippen LogP contribution in [-0.2, 0) is 19.0 Å². The number of carbonyl (C=O) groups excluding carboxylic acids is 1. The Labute approximate surface area is 119 Å². The maximum atomic E-state index is 11.5. The van der Waals surface area contributed by atoms with Crippen LogP contribution in [0.15, 0.2) is 0 Å². The van der Waals surface area contributed by atoms with Crippen molar-refractivity contribution in [1.29, 1.82) is 0 Å². The molecule has 5 heteroatoms. The topological polar surface area (TPSA) is 44.8 Å². The monoisotopic (exact) mass is 292 g/mol. The lowest BCUT2D eigenvalue weighted by molar-refractivity contribution is -0.242. The quantitative estimate of drug-likeness (QED) is 0.240. The first-order valence-electron chi connectivity index (χ1n) is 7.27. The molecule has 0 bridgehead atoms. The van der Waals surface area contributed by atoms with Gasteiger partial charge in [-0.05, 0) is 39.8 Å². The molecule has 19 heavy (non-hydrogen) atoms. The van der Waals surface area contributed by atoms with Crippen LogP contribution in [0.25, 0.3) is 0 Å². The van der Waals surface area contributed by atoms with E-state index in [4.69, 9.17) is 14.2 Å². The van der Waals surface area contributed by atoms with Crippen molar-refractivity contribution in [2.75, 3.05) is 26.0 Å². The second-order valence-electron chi connectivity index (χ2n) is 4.33. The fourth-order valence-electron chi connectivity index (χ4n) is 2.05. The average molecular weight is 292 g/mol. The Bertz CT molecular complexity index is 227. The third-order valence-corrected chi connectivity index (χ3v) is 3.25. The molecule has 4 nitrogen and oxygen atoms in total. The van der Waals surface area contributed by atoms with Gasteiger partial charge in [-0.3, -0.25) is 4.79 Å². The first-order valence-corrected chi connectivity index (χ1v) is 8.09. The van der Waals surface area contributed by atoms with Gasteiger partial charge < -0.3 is 14.2 Å². The Balaban J connectivity index is 4.45. The van der Waals surface area contributed by atoms with Crippen LogP contribution >= 0.6 is 9.24 Å². The summed E-state index contributed by atoms with van der Waals surface area (Å²) in [5.74, 6) is -0.812. The highest BCUT2D eigenvalue weighted by Crippen LogP contribution is 2.27. The molecule has 1 atom stereocenters. The summed E-state index contributed by atoms with van der Waals surface area (Å²) in [7, 11) is 2.73. The van der Waals surface area contributed by atoms with Crippen LogP contribution in [0.4, 0.5) is 0 Å². The van der Waals surface area contributed by atoms with E-state index in [1.807, 2.05) is 20.8 Å². The van der Waals surface area contributed by atoms with Gasteiger partial charge in [0, 0.05) is 26.1 Å². The van der Waals surface area contributed by atoms with E-state index in [-0.39, 0.29) is 5.97 Å². The molecule has 0 aliphatic rings. The van der Waals surface area contributed by atoms with E-state index in [1.165, 1.54) is 0 Å². The summed E-state index contributed by atoms with van der Waals surface area (Å²) in [6.45, 7) is 7.31. The Hall–Kier alpha value is -0.180. The van der Waals surface area contributed by atoms with Gasteiger partial charge in [0.25, 0.3) is 0 Å². The summed E-state index contributed by atoms with van der Waals surface area (Å²) in [5.41, 5.74) is 0. The van der Waals surface area contributed by atoms with E-state index in [2.05, 4.69) is 9.24 Å². The second kappa shape index (κ2) is 11.6. The van der Waals surface area contributed by atoms with Gasteiger partial charge in [0.1, 0.15) is 0 Å². The van der Waals surface area contributed by atoms with Crippen molar-refractivity contribution in [3.8, 4) is 0 Å². The van der Waals surface area contributed by atoms with Gasteiger partial charge in [-0.2, -0.15) is 0 Å². The van der Waals surface area contributed by atoms with E-state index in [9.17, 15) is 4.79 Å². The van der Waals surface area contributed by atoms with E-state index in [1.54, 1.807) is 0 Å². The van der Waals surface area contributed by atoms with Crippen LogP contribution in [0.3, 0.4) is 0 Å². The molecule has 0 saturated carbocycles. The third kappa shape index (κ3) is 8.56. The lowest BCUT2D eigenvalue weighted by atomic mass is 10.0. The van der Waals surface area contributed by atoms with Crippen LogP contribution in [0.2, 0.25) is 0 Å². The zero-order chi connectivity index (χ0) is 14.6. The molecule has 0 aromatic carbocycles. The Morgan fingerprint density at radius 1 is 1.00 bits per heavy atom. The van der Waals surface area contributed by atoms with Gasteiger partial charge in [-0.15, -0.1) is 9.24 Å². The highest BCUT2D eigenvalue weighted by Gasteiger charge is 2.31. The minimum atomic E-state index is -0.629. The fraction of sp³-hybridized carbons (Fsp3) is 0.929. The van der Waals surface area contributed by atoms with E-state index in [0.717, 1.165) is 25.4 Å². The molecule has 0 heterocycles. The van der Waals surface area contributed by atoms with Crippen molar-refractivity contribution >= 4 is 15.2 Å². The highest BCUT2D eigenvalue weighted by atomic mass is 31.0. The maximum Gasteiger partial charge on any atom is 0.305 e. The number of hydrogen-bond acceptors (Lipinski definition) is 4. The summed E-state index contributed by atoms with van der Waals surface area (Å²) in [6, 6.07) is 0. The van der Waals surface area contributed by atoms with Crippen LogP contribution in [-0.4, -0.2) is 37.7 Å². The van der Waals surface area contributed by atoms with E-state index >= 15 is 0 Å². The second-order valence-corrected chi connectivity index (χ2v) is 4.90. The molecule has 0 radical (unpaired) electrons. The van der Waals surface area contributed by atoms with Crippen LogP contribution < -0.4 is 0 Å². The first kappa shape index (κ1) is 18.8. The van der Waals surface area contributed by atoms with Gasteiger partial charge in [0.2, 0.25) is 0 Å². The highest BCUT2D eigenvalue weighted by molar-refractivity contribution is 7.16. The van der Waals surface area contributed by atoms with Gasteiger partial charge >= 0.3 is 5.97 Å². The molecular weight excluding hydrogens is 263 g/mol. The molecule has 0 amide bonds. The number of unbranched alkanes of at least 4 members (excludes halogenated alkanes) is 1. The van der Waals surface area contributed by atoms with Crippen molar-refractivity contribution in [2.45, 2.75) is 58.7 Å². The summed E-state index contributed by atoms with van der Waals surface area (Å²) < 4.78 is 16.6. The molecule has 0 rings (SSSR count). The van der Waals surface area contributed by atoms with Crippen molar-refractivity contribution < 1.29 is 19.0 Å². The molecule has 0 spiro atoms. The third-order valence-electron chi connectivity index (χ3n) is 2.84. The minimum absolute atomic E-state index is 0.183. The minimum Gasteiger partial charge on any atom is -0.466 e. The van der Waals surface area contributed by atoms with Crippen molar-refractivity contribution in [2.24, 2.45) is 0 Å². The van der Waals surface area contributed by atoms with Crippen LogP contribution in [0.5, 0.6) is 0 Å². The molecular formula is C14H29O4P. The van der Waals surface area contributed by atoms with Gasteiger partial charge in [0.05, 0.1) is 13.0 Å². The smallest absolute Gasteiger partial charge is 0.305 e. The van der Waals surface area contributed by atoms with Crippen molar-refractivity contribution in [3.05, 3.63) is 0 Å². The maximum absolute atomic E-state index is 11.5. The Kier molecular flexibility index (Phi) is 11.5. The normalized spacial score (nSPS) is 11.6. The molecule has 0 aliphatic carbocycles. The van der Waals surface area contributed by atoms with Crippen LogP contribution in [0.1, 0.15) is 52.9 Å². The molecule has 0 N–H and O–H groups in total. The molecule has 0 aromatic heterocycles. The predicted molar refractivity (Wildman–Crippen MR) is 80.3 cm³/mol. The SMILES string of the molecule is CCOC(=O)CCC(CCCCP)(OCC)OCC. The lowest BCUT2D eigenvalue weighted by Gasteiger charge is -2.33. The van der Waals surface area contributed by atoms with Gasteiger partial charge in [0.15, 0.2) is 5.79 Å². The zero-order valence-corrected chi connectivity index (χ0v) is 13.7. The molecule has 114 valence electrons. The van der Waals surface area contributed by atoms with Crippen molar-refractivity contribution in [1.82, 2.24) is 0 Å². The van der Waals surface area contributed by atoms with Crippen LogP contribution in [0, 0.1) is 0 Å². The standard InChI is InChI=1S/C14H29O4P/c1-4-16-13(15)9-11-14(17-5-2,18-6-3)10-7-8-12-19/h4-12,19H2,1-3H3. The molecule has 1 unspecified atom stereocenters. The summed E-state index contributed by atoms with van der Waals surface area (Å²) in [6.07, 6.45) is 4.95. The zero-order valence-electron chi connectivity index (χ0n) is 12.6. The summed E-state index contributed by atoms with van der Waals surface area (Å²) in [5, 5.41) is 0. The Morgan fingerprint density at radius 3 is 2.11 bits per heavy atom.